The van der Waals surface area contributed by atoms with E-state index in [0.717, 1.165) is 30.6 Å². The molecule has 0 aromatic heterocycles. The molecule has 1 saturated heterocycles. The number of benzene rings is 1. The van der Waals surface area contributed by atoms with Crippen LogP contribution >= 0.6 is 0 Å². The number of hydrogen-bond acceptors (Lipinski definition) is 4. The molecule has 3 rings (SSSR count). The number of carbonyl (C=O) groups excluding carboxylic acids is 2. The van der Waals surface area contributed by atoms with Crippen LogP contribution in [-0.2, 0) is 9.53 Å². The molecule has 2 heterocycles. The highest BCUT2D eigenvalue weighted by atomic mass is 16.5. The van der Waals surface area contributed by atoms with Crippen LogP contribution in [0.3, 0.4) is 0 Å². The quantitative estimate of drug-likeness (QED) is 0.872. The zero-order valence-electron chi connectivity index (χ0n) is 13.1. The Bertz CT molecular complexity index is 600. The summed E-state index contributed by atoms with van der Waals surface area (Å²) in [4.78, 5) is 26.1. The topological polar surface area (TPSA) is 58.6 Å². The minimum Gasteiger partial charge on any atom is -0.462 e. The predicted octanol–water partition coefficient (Wildman–Crippen LogP) is 2.73. The van der Waals surface area contributed by atoms with Gasteiger partial charge < -0.3 is 15.0 Å². The van der Waals surface area contributed by atoms with Crippen molar-refractivity contribution in [1.82, 2.24) is 4.90 Å². The fraction of sp³-hybridized carbons (Fsp3) is 0.529. The Morgan fingerprint density at radius 2 is 2.27 bits per heavy atom. The van der Waals surface area contributed by atoms with Crippen LogP contribution in [0.15, 0.2) is 18.2 Å². The third-order valence-corrected chi connectivity index (χ3v) is 4.39. The van der Waals surface area contributed by atoms with E-state index in [-0.39, 0.29) is 17.9 Å². The molecule has 5 heteroatoms. The maximum absolute atomic E-state index is 12.1. The van der Waals surface area contributed by atoms with Gasteiger partial charge in [-0.2, -0.15) is 0 Å². The molecule has 2 aliphatic rings. The van der Waals surface area contributed by atoms with Crippen LogP contribution in [0.2, 0.25) is 0 Å². The number of rotatable bonds is 3. The molecule has 1 N–H and O–H groups in total. The highest BCUT2D eigenvalue weighted by Crippen LogP contribution is 2.39. The third kappa shape index (κ3) is 2.67. The molecule has 1 aromatic rings. The normalized spacial score (nSPS) is 23.9. The van der Waals surface area contributed by atoms with Gasteiger partial charge in [-0.25, -0.2) is 4.79 Å². The zero-order valence-corrected chi connectivity index (χ0v) is 13.1. The zero-order chi connectivity index (χ0) is 15.7. The van der Waals surface area contributed by atoms with Crippen molar-refractivity contribution in [2.45, 2.75) is 45.2 Å². The van der Waals surface area contributed by atoms with E-state index in [1.807, 2.05) is 17.0 Å². The van der Waals surface area contributed by atoms with Crippen LogP contribution < -0.4 is 5.32 Å². The average Bonchev–Trinajstić information content (AvgIpc) is 2.92. The molecule has 0 radical (unpaired) electrons. The van der Waals surface area contributed by atoms with E-state index in [2.05, 4.69) is 12.2 Å². The summed E-state index contributed by atoms with van der Waals surface area (Å²) in [5, 5.41) is 3.44. The summed E-state index contributed by atoms with van der Waals surface area (Å²) in [5.41, 5.74) is 2.59. The van der Waals surface area contributed by atoms with Crippen molar-refractivity contribution in [3.63, 3.8) is 0 Å². The molecule has 1 amide bonds. The van der Waals surface area contributed by atoms with Gasteiger partial charge in [-0.05, 0) is 50.5 Å². The highest BCUT2D eigenvalue weighted by Gasteiger charge is 2.34. The Balaban J connectivity index is 1.96. The Hall–Kier alpha value is -2.04. The lowest BCUT2D eigenvalue weighted by Crippen LogP contribution is -2.37. The van der Waals surface area contributed by atoms with Gasteiger partial charge in [0.2, 0.25) is 5.91 Å². The molecule has 1 fully saturated rings. The van der Waals surface area contributed by atoms with Crippen molar-refractivity contribution in [2.24, 2.45) is 0 Å². The van der Waals surface area contributed by atoms with E-state index in [4.69, 9.17) is 4.74 Å². The summed E-state index contributed by atoms with van der Waals surface area (Å²) in [6.45, 7) is 5.08. The molecule has 0 aliphatic carbocycles. The standard InChI is InChI=1S/C17H22N2O3/c1-3-22-17(21)12-6-7-14-13(10-12)15(9-11(2)18-14)19-8-4-5-16(19)20/h6-7,10-11,15,18H,3-5,8-9H2,1-2H3/t11-,15+/m1/s1. The van der Waals surface area contributed by atoms with E-state index in [9.17, 15) is 9.59 Å². The van der Waals surface area contributed by atoms with Gasteiger partial charge in [-0.1, -0.05) is 0 Å². The number of amides is 1. The fourth-order valence-electron chi connectivity index (χ4n) is 3.39. The first-order chi connectivity index (χ1) is 10.6. The largest absolute Gasteiger partial charge is 0.462 e. The molecule has 2 atom stereocenters. The number of ether oxygens (including phenoxy) is 1. The van der Waals surface area contributed by atoms with Crippen molar-refractivity contribution in [1.29, 1.82) is 0 Å². The molecule has 0 spiro atoms. The van der Waals surface area contributed by atoms with Gasteiger partial charge >= 0.3 is 5.97 Å². The van der Waals surface area contributed by atoms with E-state index >= 15 is 0 Å². The summed E-state index contributed by atoms with van der Waals surface area (Å²) in [5.74, 6) is -0.0954. The number of hydrogen-bond donors (Lipinski definition) is 1. The Kier molecular flexibility index (Phi) is 4.05. The van der Waals surface area contributed by atoms with Gasteiger partial charge in [-0.15, -0.1) is 0 Å². The van der Waals surface area contributed by atoms with E-state index in [1.165, 1.54) is 0 Å². The van der Waals surface area contributed by atoms with Crippen molar-refractivity contribution >= 4 is 17.6 Å². The molecule has 2 aliphatic heterocycles. The second kappa shape index (κ2) is 5.99. The fourth-order valence-corrected chi connectivity index (χ4v) is 3.39. The Labute approximate surface area is 130 Å². The third-order valence-electron chi connectivity index (χ3n) is 4.39. The molecule has 5 nitrogen and oxygen atoms in total. The van der Waals surface area contributed by atoms with Gasteiger partial charge in [-0.3, -0.25) is 4.79 Å². The van der Waals surface area contributed by atoms with Crippen LogP contribution in [0.25, 0.3) is 0 Å². The number of fused-ring (bicyclic) bond motifs is 1. The smallest absolute Gasteiger partial charge is 0.338 e. The first kappa shape index (κ1) is 14.9. The van der Waals surface area contributed by atoms with E-state index in [0.29, 0.717) is 24.6 Å². The number of anilines is 1. The first-order valence-corrected chi connectivity index (χ1v) is 7.97. The molecule has 0 saturated carbocycles. The van der Waals surface area contributed by atoms with Gasteiger partial charge in [0.05, 0.1) is 18.2 Å². The van der Waals surface area contributed by atoms with Crippen molar-refractivity contribution in [2.75, 3.05) is 18.5 Å². The molecule has 0 bridgehead atoms. The second-order valence-electron chi connectivity index (χ2n) is 6.01. The van der Waals surface area contributed by atoms with Crippen LogP contribution in [-0.4, -0.2) is 36.0 Å². The number of carbonyl (C=O) groups is 2. The highest BCUT2D eigenvalue weighted by molar-refractivity contribution is 5.90. The lowest BCUT2D eigenvalue weighted by molar-refractivity contribution is -0.130. The Morgan fingerprint density at radius 1 is 1.45 bits per heavy atom. The molecule has 118 valence electrons. The second-order valence-corrected chi connectivity index (χ2v) is 6.01. The number of likely N-dealkylation sites (tertiary alicyclic amines) is 1. The minimum atomic E-state index is -0.310. The van der Waals surface area contributed by atoms with Gasteiger partial charge in [0, 0.05) is 24.7 Å². The lowest BCUT2D eigenvalue weighted by atomic mass is 9.91. The van der Waals surface area contributed by atoms with E-state index in [1.54, 1.807) is 13.0 Å². The average molecular weight is 302 g/mol. The van der Waals surface area contributed by atoms with Crippen molar-refractivity contribution in [3.8, 4) is 0 Å². The summed E-state index contributed by atoms with van der Waals surface area (Å²) < 4.78 is 5.08. The molecular weight excluding hydrogens is 280 g/mol. The maximum atomic E-state index is 12.1. The van der Waals surface area contributed by atoms with Crippen LogP contribution in [0.4, 0.5) is 5.69 Å². The molecule has 0 unspecified atom stereocenters. The van der Waals surface area contributed by atoms with Gasteiger partial charge in [0.15, 0.2) is 0 Å². The SMILES string of the molecule is CCOC(=O)c1ccc2c(c1)[C@@H](N1CCCC1=O)C[C@@H](C)N2. The summed E-state index contributed by atoms with van der Waals surface area (Å²) >= 11 is 0. The van der Waals surface area contributed by atoms with Crippen LogP contribution in [0, 0.1) is 0 Å². The molecule has 22 heavy (non-hydrogen) atoms. The number of esters is 1. The summed E-state index contributed by atoms with van der Waals surface area (Å²) in [6.07, 6.45) is 2.42. The molecule has 1 aromatic carbocycles. The summed E-state index contributed by atoms with van der Waals surface area (Å²) in [6, 6.07) is 5.94. The van der Waals surface area contributed by atoms with E-state index < -0.39 is 0 Å². The van der Waals surface area contributed by atoms with Crippen LogP contribution in [0.1, 0.15) is 55.1 Å². The number of nitrogens with zero attached hydrogens (tertiary/aromatic N) is 1. The van der Waals surface area contributed by atoms with Crippen molar-refractivity contribution in [3.05, 3.63) is 29.3 Å². The first-order valence-electron chi connectivity index (χ1n) is 7.97. The minimum absolute atomic E-state index is 0.0515. The van der Waals surface area contributed by atoms with Crippen molar-refractivity contribution < 1.29 is 14.3 Å². The van der Waals surface area contributed by atoms with Crippen LogP contribution in [0.5, 0.6) is 0 Å². The predicted molar refractivity (Wildman–Crippen MR) is 83.8 cm³/mol. The van der Waals surface area contributed by atoms with Gasteiger partial charge in [0.25, 0.3) is 0 Å². The molecular formula is C17H22N2O3. The van der Waals surface area contributed by atoms with Gasteiger partial charge in [0.1, 0.15) is 0 Å². The summed E-state index contributed by atoms with van der Waals surface area (Å²) in [7, 11) is 0. The number of nitrogens with one attached hydrogen (secondary N) is 1. The Morgan fingerprint density at radius 3 is 2.95 bits per heavy atom. The monoisotopic (exact) mass is 302 g/mol. The maximum Gasteiger partial charge on any atom is 0.338 e. The lowest BCUT2D eigenvalue weighted by Gasteiger charge is -2.37.